The molecule has 0 aromatic heterocycles. The molecule has 0 spiro atoms. The fourth-order valence-electron chi connectivity index (χ4n) is 3.31. The van der Waals surface area contributed by atoms with Gasteiger partial charge in [0.05, 0.1) is 5.60 Å². The van der Waals surface area contributed by atoms with Crippen LogP contribution in [0.2, 0.25) is 0 Å². The summed E-state index contributed by atoms with van der Waals surface area (Å²) in [6, 6.07) is 0. The first kappa shape index (κ1) is 13.3. The van der Waals surface area contributed by atoms with Crippen molar-refractivity contribution in [3.05, 3.63) is 0 Å². The van der Waals surface area contributed by atoms with E-state index in [2.05, 4.69) is 11.8 Å². The monoisotopic (exact) mass is 240 g/mol. The Balaban J connectivity index is 1.62. The third kappa shape index (κ3) is 3.67. The van der Waals surface area contributed by atoms with Gasteiger partial charge in [0, 0.05) is 19.7 Å². The van der Waals surface area contributed by atoms with Gasteiger partial charge in [-0.2, -0.15) is 0 Å². The predicted octanol–water partition coefficient (Wildman–Crippen LogP) is 2.01. The quantitative estimate of drug-likeness (QED) is 0.722. The highest BCUT2D eigenvalue weighted by atomic mass is 16.5. The fourth-order valence-corrected chi connectivity index (χ4v) is 3.31. The van der Waals surface area contributed by atoms with Gasteiger partial charge in [0.1, 0.15) is 0 Å². The summed E-state index contributed by atoms with van der Waals surface area (Å²) in [6.07, 6.45) is 7.53. The Kier molecular flexibility index (Phi) is 4.83. The Hall–Kier alpha value is -0.120. The molecule has 1 saturated heterocycles. The SMILES string of the molecule is CC1CCC(CN)(OCCCN2CCCC2)C1. The molecule has 0 bridgehead atoms. The molecule has 2 aliphatic rings. The molecule has 0 amide bonds. The Labute approximate surface area is 106 Å². The predicted molar refractivity (Wildman–Crippen MR) is 71.0 cm³/mol. The molecule has 0 radical (unpaired) electrons. The van der Waals surface area contributed by atoms with E-state index in [-0.39, 0.29) is 5.60 Å². The summed E-state index contributed by atoms with van der Waals surface area (Å²) >= 11 is 0. The maximum atomic E-state index is 6.12. The average molecular weight is 240 g/mol. The molecule has 2 N–H and O–H groups in total. The molecule has 2 atom stereocenters. The highest BCUT2D eigenvalue weighted by molar-refractivity contribution is 4.90. The lowest BCUT2D eigenvalue weighted by atomic mass is 10.0. The van der Waals surface area contributed by atoms with Crippen LogP contribution < -0.4 is 5.73 Å². The summed E-state index contributed by atoms with van der Waals surface area (Å²) < 4.78 is 6.12. The molecule has 0 aromatic carbocycles. The molecule has 2 rings (SSSR count). The van der Waals surface area contributed by atoms with E-state index in [1.165, 1.54) is 38.9 Å². The number of hydrogen-bond acceptors (Lipinski definition) is 3. The van der Waals surface area contributed by atoms with E-state index in [1.54, 1.807) is 0 Å². The van der Waals surface area contributed by atoms with Crippen LogP contribution in [0.3, 0.4) is 0 Å². The molecule has 17 heavy (non-hydrogen) atoms. The summed E-state index contributed by atoms with van der Waals surface area (Å²) in [4.78, 5) is 2.55. The van der Waals surface area contributed by atoms with Gasteiger partial charge >= 0.3 is 0 Å². The Bertz CT molecular complexity index is 228. The lowest BCUT2D eigenvalue weighted by molar-refractivity contribution is -0.0385. The van der Waals surface area contributed by atoms with Gasteiger partial charge in [-0.3, -0.25) is 0 Å². The molecule has 1 heterocycles. The van der Waals surface area contributed by atoms with Crippen LogP contribution in [0.5, 0.6) is 0 Å². The summed E-state index contributed by atoms with van der Waals surface area (Å²) in [6.45, 7) is 7.68. The average Bonchev–Trinajstić information content (AvgIpc) is 2.95. The van der Waals surface area contributed by atoms with E-state index in [4.69, 9.17) is 10.5 Å². The van der Waals surface area contributed by atoms with Gasteiger partial charge < -0.3 is 15.4 Å². The van der Waals surface area contributed by atoms with Crippen molar-refractivity contribution in [2.24, 2.45) is 11.7 Å². The van der Waals surface area contributed by atoms with Crippen molar-refractivity contribution in [2.75, 3.05) is 32.8 Å². The van der Waals surface area contributed by atoms with Crippen LogP contribution in [0.25, 0.3) is 0 Å². The van der Waals surface area contributed by atoms with E-state index < -0.39 is 0 Å². The van der Waals surface area contributed by atoms with Gasteiger partial charge in [-0.15, -0.1) is 0 Å². The van der Waals surface area contributed by atoms with Crippen molar-refractivity contribution >= 4 is 0 Å². The third-order valence-electron chi connectivity index (χ3n) is 4.41. The first-order chi connectivity index (χ1) is 8.24. The van der Waals surface area contributed by atoms with Gasteiger partial charge in [0.2, 0.25) is 0 Å². The van der Waals surface area contributed by atoms with Crippen molar-refractivity contribution in [1.29, 1.82) is 0 Å². The number of nitrogens with zero attached hydrogens (tertiary/aromatic N) is 1. The second kappa shape index (κ2) is 6.17. The largest absolute Gasteiger partial charge is 0.374 e. The van der Waals surface area contributed by atoms with Crippen LogP contribution in [0.1, 0.15) is 45.4 Å². The molecule has 3 nitrogen and oxygen atoms in total. The van der Waals surface area contributed by atoms with Crippen molar-refractivity contribution < 1.29 is 4.74 Å². The van der Waals surface area contributed by atoms with Crippen LogP contribution in [-0.4, -0.2) is 43.3 Å². The zero-order valence-corrected chi connectivity index (χ0v) is 11.3. The van der Waals surface area contributed by atoms with Crippen LogP contribution >= 0.6 is 0 Å². The molecule has 2 unspecified atom stereocenters. The normalized spacial score (nSPS) is 34.6. The highest BCUT2D eigenvalue weighted by Crippen LogP contribution is 2.36. The summed E-state index contributed by atoms with van der Waals surface area (Å²) in [5.74, 6) is 0.789. The van der Waals surface area contributed by atoms with Crippen molar-refractivity contribution in [1.82, 2.24) is 4.90 Å². The number of rotatable bonds is 6. The van der Waals surface area contributed by atoms with Crippen LogP contribution in [0, 0.1) is 5.92 Å². The molecule has 3 heteroatoms. The molecular weight excluding hydrogens is 212 g/mol. The topological polar surface area (TPSA) is 38.5 Å². The first-order valence-corrected chi connectivity index (χ1v) is 7.30. The lowest BCUT2D eigenvalue weighted by Crippen LogP contribution is -2.39. The first-order valence-electron chi connectivity index (χ1n) is 7.30. The van der Waals surface area contributed by atoms with Crippen molar-refractivity contribution in [2.45, 2.75) is 51.0 Å². The molecular formula is C14H28N2O. The summed E-state index contributed by atoms with van der Waals surface area (Å²) in [5.41, 5.74) is 5.92. The zero-order valence-electron chi connectivity index (χ0n) is 11.3. The number of ether oxygens (including phenoxy) is 1. The zero-order chi connectivity index (χ0) is 12.1. The second-order valence-electron chi connectivity index (χ2n) is 5.99. The van der Waals surface area contributed by atoms with Crippen molar-refractivity contribution in [3.8, 4) is 0 Å². The smallest absolute Gasteiger partial charge is 0.0806 e. The summed E-state index contributed by atoms with van der Waals surface area (Å²) in [5, 5.41) is 0. The minimum Gasteiger partial charge on any atom is -0.374 e. The summed E-state index contributed by atoms with van der Waals surface area (Å²) in [7, 11) is 0. The molecule has 100 valence electrons. The van der Waals surface area contributed by atoms with E-state index in [9.17, 15) is 0 Å². The molecule has 2 fully saturated rings. The van der Waals surface area contributed by atoms with Crippen LogP contribution in [0.4, 0.5) is 0 Å². The van der Waals surface area contributed by atoms with E-state index in [0.29, 0.717) is 6.54 Å². The van der Waals surface area contributed by atoms with Gasteiger partial charge in [0.15, 0.2) is 0 Å². The minimum absolute atomic E-state index is 0.0183. The van der Waals surface area contributed by atoms with E-state index in [0.717, 1.165) is 31.8 Å². The third-order valence-corrected chi connectivity index (χ3v) is 4.41. The van der Waals surface area contributed by atoms with Crippen LogP contribution in [-0.2, 0) is 4.74 Å². The number of hydrogen-bond donors (Lipinski definition) is 1. The Morgan fingerprint density at radius 1 is 1.35 bits per heavy atom. The molecule has 1 saturated carbocycles. The molecule has 1 aliphatic heterocycles. The minimum atomic E-state index is 0.0183. The van der Waals surface area contributed by atoms with E-state index >= 15 is 0 Å². The van der Waals surface area contributed by atoms with E-state index in [1.807, 2.05) is 0 Å². The second-order valence-corrected chi connectivity index (χ2v) is 5.99. The molecule has 0 aromatic rings. The number of nitrogens with two attached hydrogens (primary N) is 1. The van der Waals surface area contributed by atoms with Crippen molar-refractivity contribution in [3.63, 3.8) is 0 Å². The molecule has 1 aliphatic carbocycles. The Morgan fingerprint density at radius 2 is 2.12 bits per heavy atom. The maximum Gasteiger partial charge on any atom is 0.0806 e. The standard InChI is InChI=1S/C14H28N2O/c1-13-5-6-14(11-13,12-15)17-10-4-9-16-7-2-3-8-16/h13H,2-12,15H2,1H3. The maximum absolute atomic E-state index is 6.12. The fraction of sp³-hybridized carbons (Fsp3) is 1.00. The Morgan fingerprint density at radius 3 is 2.71 bits per heavy atom. The van der Waals surface area contributed by atoms with Gasteiger partial charge in [-0.05, 0) is 57.5 Å². The van der Waals surface area contributed by atoms with Crippen LogP contribution in [0.15, 0.2) is 0 Å². The lowest BCUT2D eigenvalue weighted by Gasteiger charge is -2.28. The van der Waals surface area contributed by atoms with Gasteiger partial charge in [0.25, 0.3) is 0 Å². The number of likely N-dealkylation sites (tertiary alicyclic amines) is 1. The van der Waals surface area contributed by atoms with Gasteiger partial charge in [-0.25, -0.2) is 0 Å². The van der Waals surface area contributed by atoms with Gasteiger partial charge in [-0.1, -0.05) is 6.92 Å². The highest BCUT2D eigenvalue weighted by Gasteiger charge is 2.36.